The van der Waals surface area contributed by atoms with Crippen LogP contribution in [0.3, 0.4) is 0 Å². The number of non-ortho nitro benzene ring substituents is 1. The Morgan fingerprint density at radius 2 is 1.69 bits per heavy atom. The number of hydrogen-bond acceptors (Lipinski definition) is 6. The van der Waals surface area contributed by atoms with Crippen LogP contribution in [0, 0.1) is 21.8 Å². The zero-order valence-electron chi connectivity index (χ0n) is 13.0. The third-order valence-corrected chi connectivity index (χ3v) is 4.27. The molecule has 4 rings (SSSR count). The van der Waals surface area contributed by atoms with Crippen LogP contribution in [0.1, 0.15) is 5.56 Å². The Morgan fingerprint density at radius 3 is 2.31 bits per heavy atom. The van der Waals surface area contributed by atoms with Crippen molar-refractivity contribution in [2.24, 2.45) is 11.1 Å². The van der Waals surface area contributed by atoms with Crippen LogP contribution in [-0.2, 0) is 14.4 Å². The third-order valence-electron chi connectivity index (χ3n) is 4.27. The molecule has 2 amide bonds. The Hall–Kier alpha value is -3.62. The van der Waals surface area contributed by atoms with Gasteiger partial charge in [0.15, 0.2) is 0 Å². The minimum Gasteiger partial charge on any atom is -0.381 e. The third kappa shape index (κ3) is 2.32. The molecule has 2 aromatic carbocycles. The van der Waals surface area contributed by atoms with E-state index in [4.69, 9.17) is 4.84 Å². The van der Waals surface area contributed by atoms with Crippen molar-refractivity contribution in [3.63, 3.8) is 0 Å². The first-order chi connectivity index (χ1) is 12.5. The van der Waals surface area contributed by atoms with Crippen LogP contribution in [-0.4, -0.2) is 28.6 Å². The molecule has 2 aromatic rings. The molecule has 9 heteroatoms. The predicted octanol–water partition coefficient (Wildman–Crippen LogP) is 2.03. The first-order valence-electron chi connectivity index (χ1n) is 7.59. The number of hydrogen-bond donors (Lipinski definition) is 0. The number of fused-ring (bicyclic) bond motifs is 1. The average Bonchev–Trinajstić information content (AvgIpc) is 3.17. The molecule has 1 saturated heterocycles. The van der Waals surface area contributed by atoms with Crippen molar-refractivity contribution in [3.05, 3.63) is 70.0 Å². The highest BCUT2D eigenvalue weighted by atomic mass is 19.1. The number of carbonyl (C=O) groups is 2. The second kappa shape index (κ2) is 5.73. The molecule has 0 aromatic heterocycles. The predicted molar refractivity (Wildman–Crippen MR) is 86.9 cm³/mol. The first-order valence-corrected chi connectivity index (χ1v) is 7.59. The van der Waals surface area contributed by atoms with E-state index in [1.165, 1.54) is 36.4 Å². The molecular weight excluding hydrogens is 345 g/mol. The topological polar surface area (TPSA) is 102 Å². The summed E-state index contributed by atoms with van der Waals surface area (Å²) < 4.78 is 13.1. The lowest BCUT2D eigenvalue weighted by Crippen LogP contribution is -2.33. The Labute approximate surface area is 145 Å². The quantitative estimate of drug-likeness (QED) is 0.476. The molecule has 1 fully saturated rings. The molecule has 0 saturated carbocycles. The summed E-state index contributed by atoms with van der Waals surface area (Å²) in [6, 6.07) is 10.4. The van der Waals surface area contributed by atoms with Crippen molar-refractivity contribution >= 4 is 28.9 Å². The van der Waals surface area contributed by atoms with Gasteiger partial charge in [-0.25, -0.2) is 9.29 Å². The minimum atomic E-state index is -1.10. The SMILES string of the molecule is O=C1[C@H]2C(c3ccc([N+](=O)[O-])cc3)=NO[C@@H]2C(=O)N1c1ccc(F)cc1. The number of oxime groups is 1. The number of halogens is 1. The first kappa shape index (κ1) is 15.9. The second-order valence-electron chi connectivity index (χ2n) is 5.77. The molecule has 0 aliphatic carbocycles. The van der Waals surface area contributed by atoms with Gasteiger partial charge in [-0.05, 0) is 36.4 Å². The summed E-state index contributed by atoms with van der Waals surface area (Å²) in [7, 11) is 0. The standard InChI is InChI=1S/C17H10FN3O5/c18-10-3-7-11(8-4-10)20-16(22)13-14(19-26-15(13)17(20)23)9-1-5-12(6-2-9)21(24)25/h1-8,13,15H/t13-,15-/m0/s1. The molecule has 26 heavy (non-hydrogen) atoms. The fourth-order valence-corrected chi connectivity index (χ4v) is 3.01. The maximum Gasteiger partial charge on any atom is 0.278 e. The summed E-state index contributed by atoms with van der Waals surface area (Å²) >= 11 is 0. The van der Waals surface area contributed by atoms with Crippen molar-refractivity contribution in [2.45, 2.75) is 6.10 Å². The van der Waals surface area contributed by atoms with E-state index in [-0.39, 0.29) is 17.1 Å². The molecular formula is C17H10FN3O5. The smallest absolute Gasteiger partial charge is 0.278 e. The van der Waals surface area contributed by atoms with Crippen molar-refractivity contribution in [3.8, 4) is 0 Å². The van der Waals surface area contributed by atoms with E-state index < -0.39 is 34.6 Å². The van der Waals surface area contributed by atoms with E-state index in [0.29, 0.717) is 5.56 Å². The number of anilines is 1. The molecule has 2 aliphatic heterocycles. The van der Waals surface area contributed by atoms with Gasteiger partial charge in [-0.1, -0.05) is 5.16 Å². The van der Waals surface area contributed by atoms with Gasteiger partial charge in [0.1, 0.15) is 17.4 Å². The zero-order chi connectivity index (χ0) is 18.4. The summed E-state index contributed by atoms with van der Waals surface area (Å²) in [6.07, 6.45) is -1.10. The number of imide groups is 1. The summed E-state index contributed by atoms with van der Waals surface area (Å²) in [5.74, 6) is -2.57. The molecule has 0 N–H and O–H groups in total. The monoisotopic (exact) mass is 355 g/mol. The number of carbonyl (C=O) groups excluding carboxylic acids is 2. The van der Waals surface area contributed by atoms with E-state index in [1.807, 2.05) is 0 Å². The van der Waals surface area contributed by atoms with Crippen molar-refractivity contribution < 1.29 is 23.7 Å². The van der Waals surface area contributed by atoms with Crippen molar-refractivity contribution in [1.82, 2.24) is 0 Å². The molecule has 0 bridgehead atoms. The lowest BCUT2D eigenvalue weighted by atomic mass is 9.94. The fraction of sp³-hybridized carbons (Fsp3) is 0.118. The van der Waals surface area contributed by atoms with Crippen LogP contribution in [0.4, 0.5) is 15.8 Å². The number of nitro benzene ring substituents is 1. The normalized spacial score (nSPS) is 21.4. The molecule has 0 radical (unpaired) electrons. The van der Waals surface area contributed by atoms with Crippen molar-refractivity contribution in [2.75, 3.05) is 4.90 Å². The molecule has 8 nitrogen and oxygen atoms in total. The average molecular weight is 355 g/mol. The highest BCUT2D eigenvalue weighted by Gasteiger charge is 2.56. The number of nitro groups is 1. The summed E-state index contributed by atoms with van der Waals surface area (Å²) in [5, 5.41) is 14.6. The molecule has 0 spiro atoms. The largest absolute Gasteiger partial charge is 0.381 e. The maximum absolute atomic E-state index is 13.1. The van der Waals surface area contributed by atoms with Crippen molar-refractivity contribution in [1.29, 1.82) is 0 Å². The van der Waals surface area contributed by atoms with Crippen LogP contribution >= 0.6 is 0 Å². The lowest BCUT2D eigenvalue weighted by Gasteiger charge is -2.15. The second-order valence-corrected chi connectivity index (χ2v) is 5.77. The number of amides is 2. The lowest BCUT2D eigenvalue weighted by molar-refractivity contribution is -0.384. The van der Waals surface area contributed by atoms with E-state index in [2.05, 4.69) is 5.16 Å². The Balaban J connectivity index is 1.66. The van der Waals surface area contributed by atoms with Gasteiger partial charge < -0.3 is 4.84 Å². The van der Waals surface area contributed by atoms with Gasteiger partial charge in [0, 0.05) is 17.7 Å². The van der Waals surface area contributed by atoms with E-state index in [0.717, 1.165) is 17.0 Å². The zero-order valence-corrected chi connectivity index (χ0v) is 13.0. The number of benzene rings is 2. The highest BCUT2D eigenvalue weighted by molar-refractivity contribution is 6.32. The number of rotatable bonds is 3. The van der Waals surface area contributed by atoms with Gasteiger partial charge in [0.25, 0.3) is 11.6 Å². The molecule has 2 aliphatic rings. The van der Waals surface area contributed by atoms with E-state index >= 15 is 0 Å². The Morgan fingerprint density at radius 1 is 1.04 bits per heavy atom. The van der Waals surface area contributed by atoms with Gasteiger partial charge in [-0.2, -0.15) is 0 Å². The van der Waals surface area contributed by atoms with Crippen LogP contribution in [0.15, 0.2) is 53.7 Å². The molecule has 2 heterocycles. The van der Waals surface area contributed by atoms with Gasteiger partial charge in [0.05, 0.1) is 10.6 Å². The van der Waals surface area contributed by atoms with Crippen LogP contribution < -0.4 is 4.90 Å². The summed E-state index contributed by atoms with van der Waals surface area (Å²) in [6.45, 7) is 0. The summed E-state index contributed by atoms with van der Waals surface area (Å²) in [4.78, 5) is 41.6. The van der Waals surface area contributed by atoms with Crippen LogP contribution in [0.25, 0.3) is 0 Å². The number of nitrogens with zero attached hydrogens (tertiary/aromatic N) is 3. The van der Waals surface area contributed by atoms with Gasteiger partial charge in [0.2, 0.25) is 12.0 Å². The highest BCUT2D eigenvalue weighted by Crippen LogP contribution is 2.35. The van der Waals surface area contributed by atoms with Crippen LogP contribution in [0.2, 0.25) is 0 Å². The maximum atomic E-state index is 13.1. The van der Waals surface area contributed by atoms with E-state index in [1.54, 1.807) is 0 Å². The van der Waals surface area contributed by atoms with Gasteiger partial charge >= 0.3 is 0 Å². The molecule has 130 valence electrons. The fourth-order valence-electron chi connectivity index (χ4n) is 3.01. The minimum absolute atomic E-state index is 0.105. The van der Waals surface area contributed by atoms with Gasteiger partial charge in [-0.15, -0.1) is 0 Å². The summed E-state index contributed by atoms with van der Waals surface area (Å²) in [5.41, 5.74) is 0.812. The molecule has 0 unspecified atom stereocenters. The van der Waals surface area contributed by atoms with E-state index in [9.17, 15) is 24.1 Å². The molecule has 2 atom stereocenters. The Bertz CT molecular complexity index is 955. The van der Waals surface area contributed by atoms with Crippen LogP contribution in [0.5, 0.6) is 0 Å². The van der Waals surface area contributed by atoms with Gasteiger partial charge in [-0.3, -0.25) is 19.7 Å². The Kier molecular flexibility index (Phi) is 3.50.